The molecule has 2 rings (SSSR count). The molecule has 84 valence electrons. The Morgan fingerprint density at radius 1 is 1.31 bits per heavy atom. The topological polar surface area (TPSA) is 81.1 Å². The number of rotatable bonds is 4. The van der Waals surface area contributed by atoms with Crippen molar-refractivity contribution in [3.63, 3.8) is 0 Å². The lowest BCUT2D eigenvalue weighted by molar-refractivity contribution is 0.491. The molecule has 0 spiro atoms. The minimum Gasteiger partial charge on any atom is -0.407 e. The van der Waals surface area contributed by atoms with Gasteiger partial charge in [-0.25, -0.2) is 0 Å². The minimum atomic E-state index is 0.260. The summed E-state index contributed by atoms with van der Waals surface area (Å²) in [5.41, 5.74) is 6.52. The molecule has 0 amide bonds. The van der Waals surface area contributed by atoms with Crippen LogP contribution in [0.25, 0.3) is 0 Å². The Labute approximate surface area is 93.1 Å². The van der Waals surface area contributed by atoms with Crippen molar-refractivity contribution in [2.45, 2.75) is 13.1 Å². The molecule has 6 nitrogen and oxygen atoms in total. The summed E-state index contributed by atoms with van der Waals surface area (Å²) in [7, 11) is 1.88. The molecule has 0 unspecified atom stereocenters. The first-order chi connectivity index (χ1) is 7.79. The molecule has 0 saturated heterocycles. The first-order valence-corrected chi connectivity index (χ1v) is 4.92. The van der Waals surface area contributed by atoms with Crippen LogP contribution < -0.4 is 10.6 Å². The molecule has 16 heavy (non-hydrogen) atoms. The standard InChI is InChI=1S/C10H13N5O/c1-15(7-8-2-4-12-5-3-8)10-14-13-9(6-11)16-10/h2-5H,6-7,11H2,1H3. The highest BCUT2D eigenvalue weighted by Crippen LogP contribution is 2.12. The van der Waals surface area contributed by atoms with Gasteiger partial charge >= 0.3 is 6.01 Å². The van der Waals surface area contributed by atoms with E-state index in [4.69, 9.17) is 10.2 Å². The van der Waals surface area contributed by atoms with Crippen molar-refractivity contribution in [2.24, 2.45) is 5.73 Å². The van der Waals surface area contributed by atoms with Crippen molar-refractivity contribution in [1.82, 2.24) is 15.2 Å². The lowest BCUT2D eigenvalue weighted by Crippen LogP contribution is -2.16. The van der Waals surface area contributed by atoms with Gasteiger partial charge in [-0.05, 0) is 17.7 Å². The number of nitrogens with zero attached hydrogens (tertiary/aromatic N) is 4. The van der Waals surface area contributed by atoms with Gasteiger partial charge in [0.2, 0.25) is 5.89 Å². The maximum absolute atomic E-state index is 5.39. The zero-order chi connectivity index (χ0) is 11.4. The summed E-state index contributed by atoms with van der Waals surface area (Å²) in [6.45, 7) is 0.949. The number of hydrogen-bond acceptors (Lipinski definition) is 6. The Morgan fingerprint density at radius 3 is 2.69 bits per heavy atom. The summed E-state index contributed by atoms with van der Waals surface area (Å²) >= 11 is 0. The van der Waals surface area contributed by atoms with Gasteiger partial charge in [0.25, 0.3) is 0 Å². The Kier molecular flexibility index (Phi) is 3.11. The average molecular weight is 219 g/mol. The molecular weight excluding hydrogens is 206 g/mol. The molecule has 2 heterocycles. The predicted molar refractivity (Wildman–Crippen MR) is 58.5 cm³/mol. The zero-order valence-corrected chi connectivity index (χ0v) is 9.00. The third kappa shape index (κ3) is 2.34. The summed E-state index contributed by atoms with van der Waals surface area (Å²) in [6.07, 6.45) is 3.50. The van der Waals surface area contributed by atoms with E-state index in [2.05, 4.69) is 15.2 Å². The molecule has 0 bridgehead atoms. The number of aromatic nitrogens is 3. The monoisotopic (exact) mass is 219 g/mol. The second-order valence-electron chi connectivity index (χ2n) is 3.39. The number of pyridine rings is 1. The lowest BCUT2D eigenvalue weighted by atomic mass is 10.2. The maximum atomic E-state index is 5.39. The van der Waals surface area contributed by atoms with Gasteiger partial charge in [-0.3, -0.25) is 4.98 Å². The van der Waals surface area contributed by atoms with Crippen molar-refractivity contribution in [1.29, 1.82) is 0 Å². The van der Waals surface area contributed by atoms with Crippen molar-refractivity contribution in [3.05, 3.63) is 36.0 Å². The first kappa shape index (κ1) is 10.6. The fourth-order valence-corrected chi connectivity index (χ4v) is 1.31. The van der Waals surface area contributed by atoms with E-state index < -0.39 is 0 Å². The van der Waals surface area contributed by atoms with Gasteiger partial charge in [-0.2, -0.15) is 0 Å². The van der Waals surface area contributed by atoms with Crippen molar-refractivity contribution >= 4 is 6.01 Å². The van der Waals surface area contributed by atoms with E-state index in [1.165, 1.54) is 0 Å². The molecular formula is C10H13N5O. The van der Waals surface area contributed by atoms with Gasteiger partial charge in [0.15, 0.2) is 0 Å². The van der Waals surface area contributed by atoms with E-state index in [9.17, 15) is 0 Å². The first-order valence-electron chi connectivity index (χ1n) is 4.92. The second-order valence-corrected chi connectivity index (χ2v) is 3.39. The summed E-state index contributed by atoms with van der Waals surface area (Å²) in [5.74, 6) is 0.441. The van der Waals surface area contributed by atoms with Gasteiger partial charge in [0.05, 0.1) is 6.54 Å². The Morgan fingerprint density at radius 2 is 2.06 bits per heavy atom. The molecule has 2 aromatic heterocycles. The quantitative estimate of drug-likeness (QED) is 0.809. The molecule has 2 N–H and O–H groups in total. The van der Waals surface area contributed by atoms with Crippen LogP contribution in [0.2, 0.25) is 0 Å². The van der Waals surface area contributed by atoms with Crippen LogP contribution in [0.5, 0.6) is 0 Å². The van der Waals surface area contributed by atoms with Crippen LogP contribution in [0.1, 0.15) is 11.5 Å². The van der Waals surface area contributed by atoms with Crippen LogP contribution in [-0.4, -0.2) is 22.2 Å². The van der Waals surface area contributed by atoms with Crippen molar-refractivity contribution < 1.29 is 4.42 Å². The minimum absolute atomic E-state index is 0.260. The molecule has 0 radical (unpaired) electrons. The third-order valence-electron chi connectivity index (χ3n) is 2.13. The highest BCUT2D eigenvalue weighted by molar-refractivity contribution is 5.25. The Balaban J connectivity index is 2.05. The van der Waals surface area contributed by atoms with Gasteiger partial charge in [0, 0.05) is 26.0 Å². The van der Waals surface area contributed by atoms with Crippen LogP contribution in [-0.2, 0) is 13.1 Å². The molecule has 2 aromatic rings. The van der Waals surface area contributed by atoms with E-state index in [0.717, 1.165) is 5.56 Å². The summed E-state index contributed by atoms with van der Waals surface area (Å²) in [4.78, 5) is 5.82. The molecule has 0 atom stereocenters. The fourth-order valence-electron chi connectivity index (χ4n) is 1.31. The van der Waals surface area contributed by atoms with Gasteiger partial charge in [0.1, 0.15) is 0 Å². The third-order valence-corrected chi connectivity index (χ3v) is 2.13. The van der Waals surface area contributed by atoms with E-state index in [1.807, 2.05) is 24.1 Å². The molecule has 0 aliphatic carbocycles. The van der Waals surface area contributed by atoms with E-state index in [-0.39, 0.29) is 6.54 Å². The van der Waals surface area contributed by atoms with Crippen LogP contribution in [0.3, 0.4) is 0 Å². The van der Waals surface area contributed by atoms with Gasteiger partial charge in [-0.1, -0.05) is 5.10 Å². The summed E-state index contributed by atoms with van der Waals surface area (Å²) in [6, 6.07) is 4.35. The SMILES string of the molecule is CN(Cc1ccncc1)c1nnc(CN)o1. The second kappa shape index (κ2) is 4.71. The predicted octanol–water partition coefficient (Wildman–Crippen LogP) is 0.560. The number of hydrogen-bond donors (Lipinski definition) is 1. The van der Waals surface area contributed by atoms with Crippen LogP contribution in [0.15, 0.2) is 28.9 Å². The number of nitrogens with two attached hydrogens (primary N) is 1. The van der Waals surface area contributed by atoms with Crippen molar-refractivity contribution in [2.75, 3.05) is 11.9 Å². The van der Waals surface area contributed by atoms with E-state index in [0.29, 0.717) is 18.5 Å². The lowest BCUT2D eigenvalue weighted by Gasteiger charge is -2.13. The van der Waals surface area contributed by atoms with Crippen LogP contribution in [0.4, 0.5) is 6.01 Å². The largest absolute Gasteiger partial charge is 0.407 e. The normalized spacial score (nSPS) is 10.4. The highest BCUT2D eigenvalue weighted by Gasteiger charge is 2.09. The maximum Gasteiger partial charge on any atom is 0.318 e. The Hall–Kier alpha value is -1.95. The smallest absolute Gasteiger partial charge is 0.318 e. The van der Waals surface area contributed by atoms with E-state index >= 15 is 0 Å². The number of anilines is 1. The Bertz CT molecular complexity index is 441. The zero-order valence-electron chi connectivity index (χ0n) is 9.00. The molecule has 0 saturated carbocycles. The van der Waals surface area contributed by atoms with Gasteiger partial charge in [-0.15, -0.1) is 5.10 Å². The molecule has 0 aliphatic heterocycles. The molecule has 0 aliphatic rings. The van der Waals surface area contributed by atoms with Crippen molar-refractivity contribution in [3.8, 4) is 0 Å². The summed E-state index contributed by atoms with van der Waals surface area (Å²) < 4.78 is 5.33. The highest BCUT2D eigenvalue weighted by atomic mass is 16.4. The molecule has 0 fully saturated rings. The fraction of sp³-hybridized carbons (Fsp3) is 0.300. The summed E-state index contributed by atoms with van der Waals surface area (Å²) in [5, 5.41) is 7.70. The average Bonchev–Trinajstić information content (AvgIpc) is 2.79. The van der Waals surface area contributed by atoms with Crippen LogP contribution in [0, 0.1) is 0 Å². The van der Waals surface area contributed by atoms with Crippen LogP contribution >= 0.6 is 0 Å². The molecule has 0 aromatic carbocycles. The molecule has 6 heteroatoms. The van der Waals surface area contributed by atoms with E-state index in [1.54, 1.807) is 12.4 Å². The van der Waals surface area contributed by atoms with Gasteiger partial charge < -0.3 is 15.1 Å².